The monoisotopic (exact) mass is 204 g/mol. The molecule has 1 N–H and O–H groups in total. The molecule has 0 unspecified atom stereocenters. The zero-order valence-corrected chi connectivity index (χ0v) is 8.68. The van der Waals surface area contributed by atoms with E-state index in [1.807, 2.05) is 19.9 Å². The second-order valence-corrected chi connectivity index (χ2v) is 3.28. The van der Waals surface area contributed by atoms with Gasteiger partial charge in [0.2, 0.25) is 0 Å². The van der Waals surface area contributed by atoms with E-state index in [0.29, 0.717) is 5.69 Å². The first-order chi connectivity index (χ1) is 7.20. The van der Waals surface area contributed by atoms with Crippen molar-refractivity contribution in [3.8, 4) is 5.69 Å². The van der Waals surface area contributed by atoms with Gasteiger partial charge in [0.15, 0.2) is 0 Å². The van der Waals surface area contributed by atoms with Crippen LogP contribution in [0.2, 0.25) is 0 Å². The maximum Gasteiger partial charge on any atom is 0.148 e. The minimum atomic E-state index is -0.0689. The number of aliphatic hydroxyl groups excluding tert-OH is 1. The molecule has 0 radical (unpaired) electrons. The summed E-state index contributed by atoms with van der Waals surface area (Å²) in [5.74, 6) is 1.55. The van der Waals surface area contributed by atoms with Gasteiger partial charge in [0.25, 0.3) is 0 Å². The van der Waals surface area contributed by atoms with Gasteiger partial charge in [-0.25, -0.2) is 9.67 Å². The van der Waals surface area contributed by atoms with E-state index in [-0.39, 0.29) is 6.61 Å². The molecule has 0 spiro atoms. The molecule has 0 aliphatic carbocycles. The third-order valence-corrected chi connectivity index (χ3v) is 2.08. The van der Waals surface area contributed by atoms with E-state index in [0.717, 1.165) is 17.3 Å². The molecule has 0 bridgehead atoms. The van der Waals surface area contributed by atoms with Crippen molar-refractivity contribution in [3.05, 3.63) is 35.7 Å². The second kappa shape index (κ2) is 3.78. The molecule has 2 heterocycles. The van der Waals surface area contributed by atoms with E-state index in [1.54, 1.807) is 16.9 Å². The number of aromatic nitrogens is 4. The third-order valence-electron chi connectivity index (χ3n) is 2.08. The van der Waals surface area contributed by atoms with Gasteiger partial charge < -0.3 is 5.11 Å². The molecule has 78 valence electrons. The van der Waals surface area contributed by atoms with Crippen molar-refractivity contribution in [2.24, 2.45) is 0 Å². The number of pyridine rings is 1. The van der Waals surface area contributed by atoms with Crippen LogP contribution in [0.4, 0.5) is 0 Å². The summed E-state index contributed by atoms with van der Waals surface area (Å²) in [5.41, 5.74) is 1.49. The number of rotatable bonds is 2. The normalized spacial score (nSPS) is 10.6. The summed E-state index contributed by atoms with van der Waals surface area (Å²) in [4.78, 5) is 8.22. The van der Waals surface area contributed by atoms with E-state index in [9.17, 15) is 0 Å². The zero-order valence-electron chi connectivity index (χ0n) is 8.68. The average molecular weight is 204 g/mol. The quantitative estimate of drug-likeness (QED) is 0.784. The number of aryl methyl sites for hydroxylation is 2. The van der Waals surface area contributed by atoms with Crippen LogP contribution < -0.4 is 0 Å². The Morgan fingerprint density at radius 2 is 2.20 bits per heavy atom. The van der Waals surface area contributed by atoms with E-state index in [4.69, 9.17) is 5.11 Å². The van der Waals surface area contributed by atoms with Crippen LogP contribution in [0.15, 0.2) is 18.3 Å². The molecule has 2 rings (SSSR count). The van der Waals surface area contributed by atoms with E-state index in [1.165, 1.54) is 0 Å². The number of nitrogens with zero attached hydrogens (tertiary/aromatic N) is 4. The lowest BCUT2D eigenvalue weighted by molar-refractivity contribution is 0.277. The van der Waals surface area contributed by atoms with Gasteiger partial charge in [0.1, 0.15) is 11.6 Å². The summed E-state index contributed by atoms with van der Waals surface area (Å²) < 4.78 is 1.73. The second-order valence-electron chi connectivity index (χ2n) is 3.28. The van der Waals surface area contributed by atoms with Crippen LogP contribution in [0.1, 0.15) is 17.3 Å². The Hall–Kier alpha value is -1.75. The minimum Gasteiger partial charge on any atom is -0.390 e. The first-order valence-electron chi connectivity index (χ1n) is 4.67. The van der Waals surface area contributed by atoms with Crippen molar-refractivity contribution in [1.82, 2.24) is 19.7 Å². The van der Waals surface area contributed by atoms with Crippen LogP contribution in [0, 0.1) is 13.8 Å². The highest BCUT2D eigenvalue weighted by Crippen LogP contribution is 2.09. The minimum absolute atomic E-state index is 0.0689. The van der Waals surface area contributed by atoms with Crippen molar-refractivity contribution in [2.75, 3.05) is 0 Å². The van der Waals surface area contributed by atoms with Crippen LogP contribution in [-0.4, -0.2) is 24.9 Å². The highest BCUT2D eigenvalue weighted by atomic mass is 16.3. The van der Waals surface area contributed by atoms with Gasteiger partial charge in [-0.3, -0.25) is 4.98 Å². The summed E-state index contributed by atoms with van der Waals surface area (Å²) in [6, 6.07) is 3.63. The largest absolute Gasteiger partial charge is 0.390 e. The van der Waals surface area contributed by atoms with Crippen molar-refractivity contribution in [2.45, 2.75) is 20.5 Å². The van der Waals surface area contributed by atoms with Gasteiger partial charge in [-0.15, -0.1) is 0 Å². The van der Waals surface area contributed by atoms with Crippen LogP contribution in [0.3, 0.4) is 0 Å². The molecule has 2 aromatic rings. The standard InChI is InChI=1S/C10H12N4O/c1-7-12-8(2)14(13-7)10-3-4-11-9(5-10)6-15/h3-5,15H,6H2,1-2H3. The highest BCUT2D eigenvalue weighted by molar-refractivity contribution is 5.31. The Morgan fingerprint density at radius 1 is 1.40 bits per heavy atom. The average Bonchev–Trinajstić information content (AvgIpc) is 2.58. The third kappa shape index (κ3) is 1.87. The Bertz CT molecular complexity index is 478. The fourth-order valence-corrected chi connectivity index (χ4v) is 1.45. The fourth-order valence-electron chi connectivity index (χ4n) is 1.45. The summed E-state index contributed by atoms with van der Waals surface area (Å²) >= 11 is 0. The van der Waals surface area contributed by atoms with Crippen LogP contribution in [0.5, 0.6) is 0 Å². The number of aliphatic hydroxyl groups is 1. The SMILES string of the molecule is Cc1nc(C)n(-c2ccnc(CO)c2)n1. The molecule has 0 aliphatic heterocycles. The van der Waals surface area contributed by atoms with Crippen LogP contribution in [0.25, 0.3) is 5.69 Å². The molecule has 2 aromatic heterocycles. The lowest BCUT2D eigenvalue weighted by Gasteiger charge is -2.03. The summed E-state index contributed by atoms with van der Waals surface area (Å²) in [7, 11) is 0. The van der Waals surface area contributed by atoms with E-state index < -0.39 is 0 Å². The molecule has 5 nitrogen and oxygen atoms in total. The molecular formula is C10H12N4O. The van der Waals surface area contributed by atoms with Crippen LogP contribution >= 0.6 is 0 Å². The first kappa shape index (κ1) is 9.79. The molecule has 15 heavy (non-hydrogen) atoms. The molecule has 0 aliphatic rings. The molecule has 0 aromatic carbocycles. The van der Waals surface area contributed by atoms with Gasteiger partial charge in [-0.05, 0) is 26.0 Å². The van der Waals surface area contributed by atoms with Gasteiger partial charge in [-0.1, -0.05) is 0 Å². The topological polar surface area (TPSA) is 63.8 Å². The maximum atomic E-state index is 8.98. The summed E-state index contributed by atoms with van der Waals surface area (Å²) in [6.45, 7) is 3.66. The lowest BCUT2D eigenvalue weighted by Crippen LogP contribution is -2.01. The fraction of sp³-hybridized carbons (Fsp3) is 0.300. The maximum absolute atomic E-state index is 8.98. The number of hydrogen-bond donors (Lipinski definition) is 1. The Balaban J connectivity index is 2.49. The van der Waals surface area contributed by atoms with E-state index >= 15 is 0 Å². The van der Waals surface area contributed by atoms with Crippen molar-refractivity contribution < 1.29 is 5.11 Å². The van der Waals surface area contributed by atoms with Crippen molar-refractivity contribution in [3.63, 3.8) is 0 Å². The summed E-state index contributed by atoms with van der Waals surface area (Å²) in [5, 5.41) is 13.2. The Morgan fingerprint density at radius 3 is 2.80 bits per heavy atom. The molecule has 0 amide bonds. The van der Waals surface area contributed by atoms with Crippen molar-refractivity contribution in [1.29, 1.82) is 0 Å². The highest BCUT2D eigenvalue weighted by Gasteiger charge is 2.05. The molecule has 0 saturated heterocycles. The van der Waals surface area contributed by atoms with Crippen LogP contribution in [-0.2, 0) is 6.61 Å². The molecule has 0 fully saturated rings. The smallest absolute Gasteiger partial charge is 0.148 e. The lowest BCUT2D eigenvalue weighted by atomic mass is 10.3. The first-order valence-corrected chi connectivity index (χ1v) is 4.67. The van der Waals surface area contributed by atoms with Gasteiger partial charge in [0.05, 0.1) is 18.0 Å². The predicted molar refractivity (Wildman–Crippen MR) is 54.6 cm³/mol. The predicted octanol–water partition coefficient (Wildman–Crippen LogP) is 0.771. The molecular weight excluding hydrogens is 192 g/mol. The molecule has 5 heteroatoms. The number of hydrogen-bond acceptors (Lipinski definition) is 4. The zero-order chi connectivity index (χ0) is 10.8. The Labute approximate surface area is 87.4 Å². The van der Waals surface area contributed by atoms with Crippen molar-refractivity contribution >= 4 is 0 Å². The van der Waals surface area contributed by atoms with Gasteiger partial charge in [0, 0.05) is 6.20 Å². The van der Waals surface area contributed by atoms with Gasteiger partial charge >= 0.3 is 0 Å². The van der Waals surface area contributed by atoms with Gasteiger partial charge in [-0.2, -0.15) is 5.10 Å². The van der Waals surface area contributed by atoms with E-state index in [2.05, 4.69) is 15.1 Å². The Kier molecular flexibility index (Phi) is 2.47. The molecule has 0 atom stereocenters. The summed E-state index contributed by atoms with van der Waals surface area (Å²) in [6.07, 6.45) is 1.65. The molecule has 0 saturated carbocycles.